The standard InChI is InChI=1S/C11H15BrN2O/c1-14-11(10(12)7-13-14)8-4-2-3-5-9(15)6-8/h7-8H,2-6H2,1H3. The second-order valence-electron chi connectivity index (χ2n) is 4.19. The monoisotopic (exact) mass is 270 g/mol. The molecule has 4 heteroatoms. The van der Waals surface area contributed by atoms with Gasteiger partial charge >= 0.3 is 0 Å². The fraction of sp³-hybridized carbons (Fsp3) is 0.636. The van der Waals surface area contributed by atoms with Crippen LogP contribution < -0.4 is 0 Å². The number of nitrogens with zero attached hydrogens (tertiary/aromatic N) is 2. The Bertz CT molecular complexity index is 353. The number of rotatable bonds is 1. The molecule has 0 saturated heterocycles. The van der Waals surface area contributed by atoms with Crippen LogP contribution in [0.4, 0.5) is 0 Å². The van der Waals surface area contributed by atoms with Crippen molar-refractivity contribution in [3.63, 3.8) is 0 Å². The summed E-state index contributed by atoms with van der Waals surface area (Å²) >= 11 is 3.50. The van der Waals surface area contributed by atoms with Gasteiger partial charge in [0.15, 0.2) is 0 Å². The molecule has 82 valence electrons. The van der Waals surface area contributed by atoms with Crippen molar-refractivity contribution in [2.24, 2.45) is 7.05 Å². The van der Waals surface area contributed by atoms with E-state index in [9.17, 15) is 4.79 Å². The van der Waals surface area contributed by atoms with E-state index >= 15 is 0 Å². The van der Waals surface area contributed by atoms with Gasteiger partial charge in [0.2, 0.25) is 0 Å². The zero-order chi connectivity index (χ0) is 10.8. The Morgan fingerprint density at radius 2 is 2.33 bits per heavy atom. The topological polar surface area (TPSA) is 34.9 Å². The van der Waals surface area contributed by atoms with Crippen LogP contribution in [-0.4, -0.2) is 15.6 Å². The SMILES string of the molecule is Cn1ncc(Br)c1C1CCCCC(=O)C1. The van der Waals surface area contributed by atoms with Crippen molar-refractivity contribution in [3.8, 4) is 0 Å². The zero-order valence-electron chi connectivity index (χ0n) is 8.87. The summed E-state index contributed by atoms with van der Waals surface area (Å²) in [6, 6.07) is 0. The van der Waals surface area contributed by atoms with E-state index in [2.05, 4.69) is 21.0 Å². The molecule has 1 aliphatic rings. The quantitative estimate of drug-likeness (QED) is 0.736. The van der Waals surface area contributed by atoms with Crippen LogP contribution in [0.25, 0.3) is 0 Å². The van der Waals surface area contributed by atoms with Crippen molar-refractivity contribution in [2.75, 3.05) is 0 Å². The second-order valence-corrected chi connectivity index (χ2v) is 5.04. The van der Waals surface area contributed by atoms with Gasteiger partial charge in [-0.1, -0.05) is 6.42 Å². The lowest BCUT2D eigenvalue weighted by Crippen LogP contribution is -2.09. The molecule has 3 nitrogen and oxygen atoms in total. The minimum absolute atomic E-state index is 0.349. The van der Waals surface area contributed by atoms with Gasteiger partial charge in [-0.3, -0.25) is 9.48 Å². The second kappa shape index (κ2) is 4.47. The van der Waals surface area contributed by atoms with Crippen LogP contribution in [0.1, 0.15) is 43.7 Å². The highest BCUT2D eigenvalue weighted by Crippen LogP contribution is 2.33. The molecule has 1 saturated carbocycles. The summed E-state index contributed by atoms with van der Waals surface area (Å²) in [5.74, 6) is 0.743. The molecule has 0 N–H and O–H groups in total. The number of carbonyl (C=O) groups excluding carboxylic acids is 1. The summed E-state index contributed by atoms with van der Waals surface area (Å²) in [7, 11) is 1.94. The van der Waals surface area contributed by atoms with Gasteiger partial charge in [-0.15, -0.1) is 0 Å². The van der Waals surface area contributed by atoms with Gasteiger partial charge in [-0.2, -0.15) is 5.10 Å². The van der Waals surface area contributed by atoms with Gasteiger partial charge in [0.1, 0.15) is 5.78 Å². The maximum Gasteiger partial charge on any atom is 0.133 e. The lowest BCUT2D eigenvalue weighted by Gasteiger charge is -2.14. The summed E-state index contributed by atoms with van der Waals surface area (Å²) < 4.78 is 2.91. The third-order valence-corrected chi connectivity index (χ3v) is 3.67. The van der Waals surface area contributed by atoms with E-state index in [-0.39, 0.29) is 0 Å². The number of Topliss-reactive ketones (excluding diaryl/α,β-unsaturated/α-hetero) is 1. The first-order valence-corrected chi connectivity index (χ1v) is 6.17. The number of hydrogen-bond donors (Lipinski definition) is 0. The maximum atomic E-state index is 11.6. The van der Waals surface area contributed by atoms with Gasteiger partial charge in [-0.05, 0) is 28.8 Å². The number of aromatic nitrogens is 2. The Labute approximate surface area is 98.0 Å². The normalized spacial score (nSPS) is 22.8. The lowest BCUT2D eigenvalue weighted by molar-refractivity contribution is -0.119. The van der Waals surface area contributed by atoms with Crippen LogP contribution in [0.3, 0.4) is 0 Å². The van der Waals surface area contributed by atoms with Crippen molar-refractivity contribution in [3.05, 3.63) is 16.4 Å². The first-order chi connectivity index (χ1) is 7.18. The molecule has 0 bridgehead atoms. The summed E-state index contributed by atoms with van der Waals surface area (Å²) in [6.07, 6.45) is 6.54. The molecule has 1 heterocycles. The number of halogens is 1. The van der Waals surface area contributed by atoms with Gasteiger partial charge in [0.25, 0.3) is 0 Å². The van der Waals surface area contributed by atoms with Crippen LogP contribution in [-0.2, 0) is 11.8 Å². The molecule has 0 aromatic carbocycles. The van der Waals surface area contributed by atoms with Crippen molar-refractivity contribution < 1.29 is 4.79 Å². The van der Waals surface area contributed by atoms with E-state index in [4.69, 9.17) is 0 Å². The van der Waals surface area contributed by atoms with Crippen molar-refractivity contribution >= 4 is 21.7 Å². The average Bonchev–Trinajstić information content (AvgIpc) is 2.40. The number of carbonyl (C=O) groups is 1. The highest BCUT2D eigenvalue weighted by atomic mass is 79.9. The third kappa shape index (κ3) is 2.30. The Morgan fingerprint density at radius 1 is 1.53 bits per heavy atom. The fourth-order valence-corrected chi connectivity index (χ4v) is 2.98. The molecule has 1 fully saturated rings. The summed E-state index contributed by atoms with van der Waals surface area (Å²) in [4.78, 5) is 11.6. The minimum atomic E-state index is 0.349. The average molecular weight is 271 g/mol. The Kier molecular flexibility index (Phi) is 3.24. The molecule has 0 aliphatic heterocycles. The van der Waals surface area contributed by atoms with Gasteiger partial charge in [-0.25, -0.2) is 0 Å². The van der Waals surface area contributed by atoms with E-state index in [1.165, 1.54) is 5.69 Å². The predicted molar refractivity (Wildman–Crippen MR) is 61.7 cm³/mol. The van der Waals surface area contributed by atoms with E-state index < -0.39 is 0 Å². The van der Waals surface area contributed by atoms with E-state index in [0.717, 1.165) is 30.2 Å². The zero-order valence-corrected chi connectivity index (χ0v) is 10.5. The Hall–Kier alpha value is -0.640. The van der Waals surface area contributed by atoms with E-state index in [1.54, 1.807) is 0 Å². The molecule has 1 aromatic rings. The molecule has 0 amide bonds. The third-order valence-electron chi connectivity index (χ3n) is 3.06. The highest BCUT2D eigenvalue weighted by molar-refractivity contribution is 9.10. The summed E-state index contributed by atoms with van der Waals surface area (Å²) in [5, 5.41) is 4.21. The van der Waals surface area contributed by atoms with Crippen molar-refractivity contribution in [2.45, 2.75) is 38.0 Å². The smallest absolute Gasteiger partial charge is 0.133 e. The first-order valence-electron chi connectivity index (χ1n) is 5.37. The van der Waals surface area contributed by atoms with E-state index in [0.29, 0.717) is 18.1 Å². The largest absolute Gasteiger partial charge is 0.300 e. The van der Waals surface area contributed by atoms with Crippen LogP contribution in [0.5, 0.6) is 0 Å². The lowest BCUT2D eigenvalue weighted by atomic mass is 9.96. The summed E-state index contributed by atoms with van der Waals surface area (Å²) in [6.45, 7) is 0. The number of hydrogen-bond acceptors (Lipinski definition) is 2. The Balaban J connectivity index is 2.25. The summed E-state index contributed by atoms with van der Waals surface area (Å²) in [5.41, 5.74) is 1.17. The molecule has 15 heavy (non-hydrogen) atoms. The van der Waals surface area contributed by atoms with Crippen molar-refractivity contribution in [1.29, 1.82) is 0 Å². The van der Waals surface area contributed by atoms with Crippen LogP contribution in [0.2, 0.25) is 0 Å². The molecule has 1 aromatic heterocycles. The van der Waals surface area contributed by atoms with Gasteiger partial charge in [0, 0.05) is 25.8 Å². The van der Waals surface area contributed by atoms with E-state index in [1.807, 2.05) is 17.9 Å². The number of aryl methyl sites for hydroxylation is 1. The van der Waals surface area contributed by atoms with Crippen molar-refractivity contribution in [1.82, 2.24) is 9.78 Å². The van der Waals surface area contributed by atoms with Gasteiger partial charge < -0.3 is 0 Å². The van der Waals surface area contributed by atoms with Crippen LogP contribution in [0, 0.1) is 0 Å². The number of ketones is 1. The fourth-order valence-electron chi connectivity index (χ4n) is 2.30. The first kappa shape index (κ1) is 10.9. The molecular formula is C11H15BrN2O. The molecule has 2 rings (SSSR count). The molecule has 1 aliphatic carbocycles. The van der Waals surface area contributed by atoms with Gasteiger partial charge in [0.05, 0.1) is 16.4 Å². The maximum absolute atomic E-state index is 11.6. The van der Waals surface area contributed by atoms with Crippen LogP contribution >= 0.6 is 15.9 Å². The highest BCUT2D eigenvalue weighted by Gasteiger charge is 2.23. The molecule has 1 unspecified atom stereocenters. The molecule has 0 radical (unpaired) electrons. The molecule has 1 atom stereocenters. The Morgan fingerprint density at radius 3 is 3.00 bits per heavy atom. The minimum Gasteiger partial charge on any atom is -0.300 e. The van der Waals surface area contributed by atoms with Crippen LogP contribution in [0.15, 0.2) is 10.7 Å². The molecular weight excluding hydrogens is 256 g/mol. The predicted octanol–water partition coefficient (Wildman–Crippen LogP) is 2.80. The molecule has 0 spiro atoms.